The molecule has 5 nitrogen and oxygen atoms in total. The highest BCUT2D eigenvalue weighted by Gasteiger charge is 2.52. The molecule has 2 saturated carbocycles. The topological polar surface area (TPSA) is 79.6 Å². The Morgan fingerprint density at radius 2 is 1.96 bits per heavy atom. The van der Waals surface area contributed by atoms with Crippen LogP contribution in [0.3, 0.4) is 0 Å². The Bertz CT molecular complexity index is 649. The quantitative estimate of drug-likeness (QED) is 0.868. The van der Waals surface area contributed by atoms with E-state index >= 15 is 0 Å². The second-order valence-electron chi connectivity index (χ2n) is 6.70. The lowest BCUT2D eigenvalue weighted by molar-refractivity contribution is -0.145. The van der Waals surface area contributed by atoms with Gasteiger partial charge in [0.15, 0.2) is 11.5 Å². The molecule has 5 heteroatoms. The molecular formula is C18H21NO4. The maximum Gasteiger partial charge on any atom is 0.308 e. The average Bonchev–Trinajstić information content (AvgIpc) is 3.10. The van der Waals surface area contributed by atoms with Gasteiger partial charge in [-0.2, -0.15) is 5.26 Å². The molecular weight excluding hydrogens is 294 g/mol. The fraction of sp³-hybridized carbons (Fsp3) is 0.556. The SMILES string of the molecule is COC(=O)C1C[C@@H]2CC(C#N)(c3ccc(OC)c(O)c3)C[C@@H]2C1. The van der Waals surface area contributed by atoms with Gasteiger partial charge in [-0.05, 0) is 55.2 Å². The summed E-state index contributed by atoms with van der Waals surface area (Å²) in [5.41, 5.74) is 0.252. The van der Waals surface area contributed by atoms with Crippen LogP contribution in [0.25, 0.3) is 0 Å². The van der Waals surface area contributed by atoms with E-state index in [0.29, 0.717) is 17.6 Å². The van der Waals surface area contributed by atoms with Crippen LogP contribution in [0.5, 0.6) is 11.5 Å². The Labute approximate surface area is 135 Å². The van der Waals surface area contributed by atoms with Crippen LogP contribution in [-0.2, 0) is 14.9 Å². The molecule has 4 atom stereocenters. The van der Waals surface area contributed by atoms with Crippen molar-refractivity contribution in [1.82, 2.24) is 0 Å². The summed E-state index contributed by atoms with van der Waals surface area (Å²) in [6.07, 6.45) is 3.05. The highest BCUT2D eigenvalue weighted by Crippen LogP contribution is 2.56. The maximum absolute atomic E-state index is 11.7. The Hall–Kier alpha value is -2.22. The number of carbonyl (C=O) groups is 1. The molecule has 2 aliphatic carbocycles. The Morgan fingerprint density at radius 3 is 2.43 bits per heavy atom. The first-order chi connectivity index (χ1) is 11.0. The van der Waals surface area contributed by atoms with Crippen LogP contribution in [0.2, 0.25) is 0 Å². The lowest BCUT2D eigenvalue weighted by Gasteiger charge is -2.24. The number of aromatic hydroxyl groups is 1. The number of benzene rings is 1. The first-order valence-corrected chi connectivity index (χ1v) is 7.89. The molecule has 1 aromatic rings. The average molecular weight is 315 g/mol. The summed E-state index contributed by atoms with van der Waals surface area (Å²) in [6.45, 7) is 0. The minimum absolute atomic E-state index is 0.0315. The number of fused-ring (bicyclic) bond motifs is 1. The summed E-state index contributed by atoms with van der Waals surface area (Å²) >= 11 is 0. The molecule has 0 saturated heterocycles. The third-order valence-electron chi connectivity index (χ3n) is 5.54. The van der Waals surface area contributed by atoms with Gasteiger partial charge >= 0.3 is 5.97 Å². The molecule has 0 amide bonds. The third kappa shape index (κ3) is 2.52. The summed E-state index contributed by atoms with van der Waals surface area (Å²) in [5, 5.41) is 19.8. The number of nitrogens with zero attached hydrogens (tertiary/aromatic N) is 1. The van der Waals surface area contributed by atoms with Crippen molar-refractivity contribution in [3.8, 4) is 17.6 Å². The van der Waals surface area contributed by atoms with Crippen molar-refractivity contribution >= 4 is 5.97 Å². The van der Waals surface area contributed by atoms with E-state index in [2.05, 4.69) is 6.07 Å². The van der Waals surface area contributed by atoms with Gasteiger partial charge in [0.1, 0.15) is 0 Å². The van der Waals surface area contributed by atoms with Crippen LogP contribution < -0.4 is 4.74 Å². The number of hydrogen-bond donors (Lipinski definition) is 1. The molecule has 1 aromatic carbocycles. The highest BCUT2D eigenvalue weighted by molar-refractivity contribution is 5.72. The van der Waals surface area contributed by atoms with E-state index in [1.54, 1.807) is 12.1 Å². The van der Waals surface area contributed by atoms with Crippen molar-refractivity contribution in [2.45, 2.75) is 31.1 Å². The molecule has 23 heavy (non-hydrogen) atoms. The van der Waals surface area contributed by atoms with Crippen molar-refractivity contribution in [2.24, 2.45) is 17.8 Å². The molecule has 2 aliphatic rings. The van der Waals surface area contributed by atoms with E-state index < -0.39 is 5.41 Å². The van der Waals surface area contributed by atoms with E-state index in [1.165, 1.54) is 14.2 Å². The van der Waals surface area contributed by atoms with Crippen LogP contribution in [-0.4, -0.2) is 25.3 Å². The molecule has 2 fully saturated rings. The number of hydrogen-bond acceptors (Lipinski definition) is 5. The normalized spacial score (nSPS) is 32.1. The summed E-state index contributed by atoms with van der Waals surface area (Å²) < 4.78 is 9.92. The van der Waals surface area contributed by atoms with Crippen LogP contribution >= 0.6 is 0 Å². The van der Waals surface area contributed by atoms with Gasteiger partial charge in [0.2, 0.25) is 0 Å². The second kappa shape index (κ2) is 5.77. The van der Waals surface area contributed by atoms with Crippen LogP contribution in [0.1, 0.15) is 31.2 Å². The molecule has 1 N–H and O–H groups in total. The number of phenolic OH excluding ortho intramolecular Hbond substituents is 1. The van der Waals surface area contributed by atoms with Gasteiger partial charge in [0.05, 0.1) is 31.6 Å². The summed E-state index contributed by atoms with van der Waals surface area (Å²) in [4.78, 5) is 11.7. The van der Waals surface area contributed by atoms with Gasteiger partial charge in [-0.1, -0.05) is 6.07 Å². The fourth-order valence-electron chi connectivity index (χ4n) is 4.43. The second-order valence-corrected chi connectivity index (χ2v) is 6.70. The largest absolute Gasteiger partial charge is 0.504 e. The smallest absolute Gasteiger partial charge is 0.308 e. The summed E-state index contributed by atoms with van der Waals surface area (Å²) in [6, 6.07) is 7.68. The van der Waals surface area contributed by atoms with Crippen molar-refractivity contribution in [1.29, 1.82) is 5.26 Å². The molecule has 0 spiro atoms. The van der Waals surface area contributed by atoms with E-state index in [0.717, 1.165) is 31.2 Å². The summed E-state index contributed by atoms with van der Waals surface area (Å²) in [7, 11) is 2.93. The number of rotatable bonds is 3. The van der Waals surface area contributed by atoms with E-state index in [-0.39, 0.29) is 17.6 Å². The molecule has 0 heterocycles. The molecule has 0 bridgehead atoms. The third-order valence-corrected chi connectivity index (χ3v) is 5.54. The zero-order chi connectivity index (χ0) is 16.6. The predicted molar refractivity (Wildman–Crippen MR) is 82.9 cm³/mol. The predicted octanol–water partition coefficient (Wildman–Crippen LogP) is 2.77. The van der Waals surface area contributed by atoms with E-state index in [9.17, 15) is 15.2 Å². The van der Waals surface area contributed by atoms with E-state index in [1.807, 2.05) is 6.07 Å². The maximum atomic E-state index is 11.7. The standard InChI is InChI=1S/C18H21NO4/c1-22-16-4-3-14(7-15(16)20)18(10-19)8-12-5-11(17(21)23-2)6-13(12)9-18/h3-4,7,11-13,20H,5-6,8-9H2,1-2H3/t11?,12-,13+,18?. The Morgan fingerprint density at radius 1 is 1.30 bits per heavy atom. The minimum Gasteiger partial charge on any atom is -0.504 e. The zero-order valence-corrected chi connectivity index (χ0v) is 13.4. The minimum atomic E-state index is -0.583. The van der Waals surface area contributed by atoms with Gasteiger partial charge in [-0.3, -0.25) is 4.79 Å². The van der Waals surface area contributed by atoms with Gasteiger partial charge in [0, 0.05) is 0 Å². The van der Waals surface area contributed by atoms with Gasteiger partial charge in [-0.15, -0.1) is 0 Å². The zero-order valence-electron chi connectivity index (χ0n) is 13.4. The van der Waals surface area contributed by atoms with Crippen LogP contribution in [0.4, 0.5) is 0 Å². The molecule has 3 rings (SSSR count). The lowest BCUT2D eigenvalue weighted by Crippen LogP contribution is -2.23. The van der Waals surface area contributed by atoms with Crippen molar-refractivity contribution < 1.29 is 19.4 Å². The van der Waals surface area contributed by atoms with Crippen LogP contribution in [0.15, 0.2) is 18.2 Å². The number of esters is 1. The number of phenols is 1. The number of ether oxygens (including phenoxy) is 2. The monoisotopic (exact) mass is 315 g/mol. The number of nitriles is 1. The molecule has 2 unspecified atom stereocenters. The lowest BCUT2D eigenvalue weighted by atomic mass is 9.77. The molecule has 0 radical (unpaired) electrons. The van der Waals surface area contributed by atoms with Crippen LogP contribution in [0, 0.1) is 29.1 Å². The Kier molecular flexibility index (Phi) is 3.93. The van der Waals surface area contributed by atoms with Crippen molar-refractivity contribution in [3.63, 3.8) is 0 Å². The molecule has 122 valence electrons. The highest BCUT2D eigenvalue weighted by atomic mass is 16.5. The van der Waals surface area contributed by atoms with Crippen molar-refractivity contribution in [2.75, 3.05) is 14.2 Å². The van der Waals surface area contributed by atoms with Gasteiger partial charge in [-0.25, -0.2) is 0 Å². The van der Waals surface area contributed by atoms with Gasteiger partial charge < -0.3 is 14.6 Å². The van der Waals surface area contributed by atoms with Crippen molar-refractivity contribution in [3.05, 3.63) is 23.8 Å². The molecule has 0 aliphatic heterocycles. The number of methoxy groups -OCH3 is 2. The van der Waals surface area contributed by atoms with E-state index in [4.69, 9.17) is 9.47 Å². The first kappa shape index (κ1) is 15.7. The van der Waals surface area contributed by atoms with Gasteiger partial charge in [0.25, 0.3) is 0 Å². The number of carbonyl (C=O) groups excluding carboxylic acids is 1. The summed E-state index contributed by atoms with van der Waals surface area (Å²) in [5.74, 6) is 1.03. The Balaban J connectivity index is 1.82. The molecule has 0 aromatic heterocycles. The fourth-order valence-corrected chi connectivity index (χ4v) is 4.43. The first-order valence-electron chi connectivity index (χ1n) is 7.89.